The van der Waals surface area contributed by atoms with Crippen LogP contribution in [0, 0.1) is 0 Å². The molecule has 2 aromatic rings. The van der Waals surface area contributed by atoms with E-state index in [1.807, 2.05) is 38.4 Å². The Kier molecular flexibility index (Phi) is 6.50. The molecule has 1 N–H and O–H groups in total. The second-order valence-corrected chi connectivity index (χ2v) is 5.81. The van der Waals surface area contributed by atoms with Crippen LogP contribution in [0.25, 0.3) is 11.1 Å². The van der Waals surface area contributed by atoms with E-state index in [1.165, 1.54) is 11.1 Å². The first kappa shape index (κ1) is 17.7. The smallest absolute Gasteiger partial charge is 0.227 e. The largest absolute Gasteiger partial charge is 0.325 e. The van der Waals surface area contributed by atoms with Gasteiger partial charge in [-0.15, -0.1) is 0 Å². The maximum absolute atomic E-state index is 4.41. The Bertz CT molecular complexity index is 723. The van der Waals surface area contributed by atoms with Crippen molar-refractivity contribution in [1.82, 2.24) is 9.97 Å². The summed E-state index contributed by atoms with van der Waals surface area (Å²) >= 11 is 0. The highest BCUT2D eigenvalue weighted by molar-refractivity contribution is 5.62. The van der Waals surface area contributed by atoms with Gasteiger partial charge in [0.25, 0.3) is 0 Å². The summed E-state index contributed by atoms with van der Waals surface area (Å²) in [5, 5.41) is 3.22. The maximum atomic E-state index is 4.41. The third-order valence-corrected chi connectivity index (χ3v) is 3.55. The first-order valence-electron chi connectivity index (χ1n) is 8.28. The van der Waals surface area contributed by atoms with Crippen LogP contribution in [0.5, 0.6) is 0 Å². The van der Waals surface area contributed by atoms with E-state index in [0.29, 0.717) is 5.95 Å². The summed E-state index contributed by atoms with van der Waals surface area (Å²) in [6.07, 6.45) is 11.8. The molecule has 3 nitrogen and oxygen atoms in total. The van der Waals surface area contributed by atoms with Crippen LogP contribution in [0.15, 0.2) is 72.7 Å². The SMILES string of the molecule is C=C(C)Cc1ccc(-c2cnc(NC(/C=C\CC)=C/C)nc2)cc1. The number of hydrogen-bond donors (Lipinski definition) is 1. The highest BCUT2D eigenvalue weighted by Gasteiger charge is 2.02. The fourth-order valence-electron chi connectivity index (χ4n) is 2.29. The average Bonchev–Trinajstić information content (AvgIpc) is 2.59. The molecule has 1 heterocycles. The van der Waals surface area contributed by atoms with Crippen molar-refractivity contribution < 1.29 is 0 Å². The predicted octanol–water partition coefficient (Wildman–Crippen LogP) is 5.54. The lowest BCUT2D eigenvalue weighted by Crippen LogP contribution is -2.01. The fraction of sp³-hybridized carbons (Fsp3) is 0.238. The lowest BCUT2D eigenvalue weighted by molar-refractivity contribution is 1.14. The molecule has 0 atom stereocenters. The first-order valence-corrected chi connectivity index (χ1v) is 8.28. The average molecular weight is 319 g/mol. The van der Waals surface area contributed by atoms with Crippen molar-refractivity contribution in [3.63, 3.8) is 0 Å². The van der Waals surface area contributed by atoms with Crippen LogP contribution < -0.4 is 5.32 Å². The second kappa shape index (κ2) is 8.82. The van der Waals surface area contributed by atoms with E-state index in [0.717, 1.165) is 29.7 Å². The summed E-state index contributed by atoms with van der Waals surface area (Å²) in [4.78, 5) is 8.82. The number of benzene rings is 1. The molecule has 1 aromatic carbocycles. The van der Waals surface area contributed by atoms with Gasteiger partial charge in [0.15, 0.2) is 0 Å². The number of nitrogens with zero attached hydrogens (tertiary/aromatic N) is 2. The van der Waals surface area contributed by atoms with E-state index in [2.05, 4.69) is 59.1 Å². The molecular formula is C21H25N3. The van der Waals surface area contributed by atoms with E-state index < -0.39 is 0 Å². The van der Waals surface area contributed by atoms with Gasteiger partial charge in [-0.1, -0.05) is 55.5 Å². The van der Waals surface area contributed by atoms with E-state index in [1.54, 1.807) is 0 Å². The topological polar surface area (TPSA) is 37.8 Å². The Morgan fingerprint density at radius 1 is 1.12 bits per heavy atom. The summed E-state index contributed by atoms with van der Waals surface area (Å²) in [6, 6.07) is 8.46. The zero-order chi connectivity index (χ0) is 17.4. The molecule has 124 valence electrons. The Hall–Kier alpha value is -2.68. The molecule has 1 aromatic heterocycles. The molecular weight excluding hydrogens is 294 g/mol. The van der Waals surface area contributed by atoms with Gasteiger partial charge in [0.05, 0.1) is 0 Å². The summed E-state index contributed by atoms with van der Waals surface area (Å²) in [6.45, 7) is 10.1. The normalized spacial score (nSPS) is 11.7. The van der Waals surface area contributed by atoms with Gasteiger partial charge in [-0.05, 0) is 43.9 Å². The minimum Gasteiger partial charge on any atom is -0.325 e. The fourth-order valence-corrected chi connectivity index (χ4v) is 2.29. The van der Waals surface area contributed by atoms with Crippen molar-refractivity contribution in [3.05, 3.63) is 78.3 Å². The quantitative estimate of drug-likeness (QED) is 0.537. The van der Waals surface area contributed by atoms with Gasteiger partial charge in [0.2, 0.25) is 5.95 Å². The lowest BCUT2D eigenvalue weighted by Gasteiger charge is -2.07. The standard InChI is InChI=1S/C21H25N3/c1-5-7-8-20(6-2)24-21-22-14-19(15-23-21)18-11-9-17(10-12-18)13-16(3)4/h6-12,14-15H,3,5,13H2,1-2,4H3,(H,22,23,24)/b8-7-,20-6+. The van der Waals surface area contributed by atoms with Crippen molar-refractivity contribution in [2.24, 2.45) is 0 Å². The van der Waals surface area contributed by atoms with Gasteiger partial charge in [-0.2, -0.15) is 0 Å². The zero-order valence-electron chi connectivity index (χ0n) is 14.7. The molecule has 24 heavy (non-hydrogen) atoms. The minimum atomic E-state index is 0.603. The van der Waals surface area contributed by atoms with Crippen molar-refractivity contribution >= 4 is 5.95 Å². The third kappa shape index (κ3) is 5.20. The van der Waals surface area contributed by atoms with Crippen LogP contribution in [0.2, 0.25) is 0 Å². The summed E-state index contributed by atoms with van der Waals surface area (Å²) < 4.78 is 0. The summed E-state index contributed by atoms with van der Waals surface area (Å²) in [5.41, 5.74) is 5.55. The minimum absolute atomic E-state index is 0.603. The van der Waals surface area contributed by atoms with Crippen molar-refractivity contribution in [2.75, 3.05) is 5.32 Å². The summed E-state index contributed by atoms with van der Waals surface area (Å²) in [7, 11) is 0. The molecule has 0 spiro atoms. The number of anilines is 1. The van der Waals surface area contributed by atoms with Gasteiger partial charge in [0.1, 0.15) is 0 Å². The molecule has 0 unspecified atom stereocenters. The molecule has 0 aliphatic heterocycles. The number of nitrogens with one attached hydrogen (secondary N) is 1. The van der Waals surface area contributed by atoms with Crippen LogP contribution in [-0.2, 0) is 6.42 Å². The Balaban J connectivity index is 2.08. The number of allylic oxidation sites excluding steroid dienone is 4. The molecule has 0 saturated carbocycles. The number of aromatic nitrogens is 2. The third-order valence-electron chi connectivity index (χ3n) is 3.55. The number of hydrogen-bond acceptors (Lipinski definition) is 3. The molecule has 0 saturated heterocycles. The molecule has 0 fully saturated rings. The van der Waals surface area contributed by atoms with Gasteiger partial charge in [-0.25, -0.2) is 9.97 Å². The number of rotatable bonds is 7. The molecule has 0 aliphatic rings. The van der Waals surface area contributed by atoms with E-state index >= 15 is 0 Å². The Morgan fingerprint density at radius 2 is 1.79 bits per heavy atom. The van der Waals surface area contributed by atoms with E-state index in [4.69, 9.17) is 0 Å². The molecule has 0 amide bonds. The molecule has 3 heteroatoms. The van der Waals surface area contributed by atoms with E-state index in [9.17, 15) is 0 Å². The molecule has 0 bridgehead atoms. The Morgan fingerprint density at radius 3 is 2.33 bits per heavy atom. The van der Waals surface area contributed by atoms with Gasteiger partial charge in [-0.3, -0.25) is 0 Å². The van der Waals surface area contributed by atoms with Crippen LogP contribution >= 0.6 is 0 Å². The van der Waals surface area contributed by atoms with Crippen LogP contribution in [0.3, 0.4) is 0 Å². The van der Waals surface area contributed by atoms with Crippen LogP contribution in [-0.4, -0.2) is 9.97 Å². The van der Waals surface area contributed by atoms with Gasteiger partial charge in [0, 0.05) is 23.7 Å². The molecule has 0 aliphatic carbocycles. The van der Waals surface area contributed by atoms with Crippen LogP contribution in [0.4, 0.5) is 5.95 Å². The molecule has 2 rings (SSSR count). The van der Waals surface area contributed by atoms with Crippen molar-refractivity contribution in [1.29, 1.82) is 0 Å². The second-order valence-electron chi connectivity index (χ2n) is 5.81. The maximum Gasteiger partial charge on any atom is 0.227 e. The monoisotopic (exact) mass is 319 g/mol. The van der Waals surface area contributed by atoms with Gasteiger partial charge < -0.3 is 5.32 Å². The molecule has 0 radical (unpaired) electrons. The Labute approximate surface area is 144 Å². The lowest BCUT2D eigenvalue weighted by atomic mass is 10.0. The highest BCUT2D eigenvalue weighted by Crippen LogP contribution is 2.20. The van der Waals surface area contributed by atoms with Crippen LogP contribution in [0.1, 0.15) is 32.8 Å². The zero-order valence-corrected chi connectivity index (χ0v) is 14.7. The summed E-state index contributed by atoms with van der Waals surface area (Å²) in [5.74, 6) is 0.603. The highest BCUT2D eigenvalue weighted by atomic mass is 15.1. The van der Waals surface area contributed by atoms with Crippen molar-refractivity contribution in [2.45, 2.75) is 33.6 Å². The predicted molar refractivity (Wildman–Crippen MR) is 103 cm³/mol. The van der Waals surface area contributed by atoms with Gasteiger partial charge >= 0.3 is 0 Å². The van der Waals surface area contributed by atoms with Crippen molar-refractivity contribution in [3.8, 4) is 11.1 Å². The first-order chi connectivity index (χ1) is 11.6. The van der Waals surface area contributed by atoms with E-state index in [-0.39, 0.29) is 0 Å².